The number of thioether (sulfide) groups is 1. The van der Waals surface area contributed by atoms with Crippen LogP contribution >= 0.6 is 11.8 Å². The molecule has 0 aliphatic rings. The molecule has 0 bridgehead atoms. The first-order valence-corrected chi connectivity index (χ1v) is 5.86. The summed E-state index contributed by atoms with van der Waals surface area (Å²) in [7, 11) is 1.92. The van der Waals surface area contributed by atoms with E-state index in [2.05, 4.69) is 35.5 Å². The summed E-state index contributed by atoms with van der Waals surface area (Å²) in [5.41, 5.74) is 7.86. The van der Waals surface area contributed by atoms with E-state index >= 15 is 0 Å². The maximum Gasteiger partial charge on any atom is 0.200 e. The van der Waals surface area contributed by atoms with Crippen LogP contribution < -0.4 is 5.73 Å². The van der Waals surface area contributed by atoms with Gasteiger partial charge in [-0.3, -0.25) is 0 Å². The number of nitrogens with zero attached hydrogens (tertiary/aromatic N) is 2. The van der Waals surface area contributed by atoms with Crippen molar-refractivity contribution in [2.75, 3.05) is 12.0 Å². The van der Waals surface area contributed by atoms with E-state index in [4.69, 9.17) is 5.73 Å². The van der Waals surface area contributed by atoms with Gasteiger partial charge in [-0.25, -0.2) is 4.98 Å². The molecule has 78 valence electrons. The van der Waals surface area contributed by atoms with E-state index in [1.54, 1.807) is 18.0 Å². The van der Waals surface area contributed by atoms with Crippen molar-refractivity contribution >= 4 is 17.7 Å². The smallest absolute Gasteiger partial charge is 0.200 e. The average Bonchev–Trinajstić information content (AvgIpc) is 2.60. The maximum atomic E-state index is 5.68. The molecule has 0 radical (unpaired) electrons. The Morgan fingerprint density at radius 2 is 1.93 bits per heavy atom. The fourth-order valence-corrected chi connectivity index (χ4v) is 1.86. The van der Waals surface area contributed by atoms with Crippen LogP contribution in [0.15, 0.2) is 35.4 Å². The summed E-state index contributed by atoms with van der Waals surface area (Å²) in [5.74, 6) is 0.541. The minimum absolute atomic E-state index is 0.541. The molecule has 0 unspecified atom stereocenters. The molecule has 1 aromatic carbocycles. The lowest BCUT2D eigenvalue weighted by molar-refractivity contribution is 0.938. The Kier molecular flexibility index (Phi) is 2.68. The van der Waals surface area contributed by atoms with Gasteiger partial charge in [0, 0.05) is 11.9 Å². The highest BCUT2D eigenvalue weighted by atomic mass is 32.2. The number of nitrogens with two attached hydrogens (primary N) is 1. The molecule has 0 fully saturated rings. The Bertz CT molecular complexity index is 459. The van der Waals surface area contributed by atoms with Crippen molar-refractivity contribution in [2.24, 2.45) is 7.05 Å². The molecule has 1 heterocycles. The molecule has 0 spiro atoms. The van der Waals surface area contributed by atoms with Crippen molar-refractivity contribution < 1.29 is 0 Å². The van der Waals surface area contributed by atoms with Crippen molar-refractivity contribution in [3.63, 3.8) is 0 Å². The first-order chi connectivity index (χ1) is 7.22. The van der Waals surface area contributed by atoms with Crippen LogP contribution in [0.3, 0.4) is 0 Å². The van der Waals surface area contributed by atoms with E-state index < -0.39 is 0 Å². The minimum atomic E-state index is 0.541. The fourth-order valence-electron chi connectivity index (χ4n) is 1.45. The highest BCUT2D eigenvalue weighted by Gasteiger charge is 2.05. The second kappa shape index (κ2) is 3.98. The van der Waals surface area contributed by atoms with Gasteiger partial charge < -0.3 is 10.3 Å². The summed E-state index contributed by atoms with van der Waals surface area (Å²) in [6, 6.07) is 8.37. The van der Waals surface area contributed by atoms with Crippen molar-refractivity contribution in [3.8, 4) is 11.3 Å². The van der Waals surface area contributed by atoms with Crippen LogP contribution in [-0.4, -0.2) is 15.8 Å². The molecule has 2 rings (SSSR count). The SMILES string of the molecule is CSc1ccc(-c2cnc(N)n2C)cc1. The zero-order valence-electron chi connectivity index (χ0n) is 8.77. The van der Waals surface area contributed by atoms with Gasteiger partial charge in [0.25, 0.3) is 0 Å². The van der Waals surface area contributed by atoms with E-state index in [1.807, 2.05) is 11.6 Å². The lowest BCUT2D eigenvalue weighted by atomic mass is 10.2. The van der Waals surface area contributed by atoms with Gasteiger partial charge in [-0.05, 0) is 24.0 Å². The molecule has 2 N–H and O–H groups in total. The fraction of sp³-hybridized carbons (Fsp3) is 0.182. The second-order valence-corrected chi connectivity index (χ2v) is 4.17. The van der Waals surface area contributed by atoms with Gasteiger partial charge in [0.1, 0.15) is 0 Å². The standard InChI is InChI=1S/C11H13N3S/c1-14-10(7-13-11(14)12)8-3-5-9(15-2)6-4-8/h3-7H,1-2H3,(H2,12,13). The van der Waals surface area contributed by atoms with Gasteiger partial charge in [0.05, 0.1) is 11.9 Å². The monoisotopic (exact) mass is 219 g/mol. The predicted molar refractivity (Wildman–Crippen MR) is 64.8 cm³/mol. The number of aromatic nitrogens is 2. The van der Waals surface area contributed by atoms with Crippen molar-refractivity contribution in [1.29, 1.82) is 0 Å². The summed E-state index contributed by atoms with van der Waals surface area (Å²) >= 11 is 1.73. The van der Waals surface area contributed by atoms with Crippen LogP contribution in [0.2, 0.25) is 0 Å². The molecule has 3 nitrogen and oxygen atoms in total. The molecule has 0 atom stereocenters. The molecule has 2 aromatic rings. The Labute approximate surface area is 93.3 Å². The zero-order valence-corrected chi connectivity index (χ0v) is 9.58. The largest absolute Gasteiger partial charge is 0.369 e. The summed E-state index contributed by atoms with van der Waals surface area (Å²) in [4.78, 5) is 5.33. The Morgan fingerprint density at radius 1 is 1.27 bits per heavy atom. The van der Waals surface area contributed by atoms with Gasteiger partial charge in [-0.15, -0.1) is 11.8 Å². The third kappa shape index (κ3) is 1.85. The van der Waals surface area contributed by atoms with Crippen LogP contribution in [-0.2, 0) is 7.05 Å². The third-order valence-electron chi connectivity index (χ3n) is 2.41. The molecular formula is C11H13N3S. The lowest BCUT2D eigenvalue weighted by Crippen LogP contribution is -1.98. The van der Waals surface area contributed by atoms with Crippen LogP contribution in [0.1, 0.15) is 0 Å². The lowest BCUT2D eigenvalue weighted by Gasteiger charge is -2.04. The Balaban J connectivity index is 2.41. The molecule has 0 amide bonds. The van der Waals surface area contributed by atoms with Crippen LogP contribution in [0.4, 0.5) is 5.95 Å². The summed E-state index contributed by atoms with van der Waals surface area (Å²) in [5, 5.41) is 0. The number of hydrogen-bond acceptors (Lipinski definition) is 3. The highest BCUT2D eigenvalue weighted by molar-refractivity contribution is 7.98. The predicted octanol–water partition coefficient (Wildman–Crippen LogP) is 2.39. The quantitative estimate of drug-likeness (QED) is 0.789. The van der Waals surface area contributed by atoms with Crippen molar-refractivity contribution in [1.82, 2.24) is 9.55 Å². The topological polar surface area (TPSA) is 43.8 Å². The average molecular weight is 219 g/mol. The maximum absolute atomic E-state index is 5.68. The summed E-state index contributed by atoms with van der Waals surface area (Å²) in [6.45, 7) is 0. The number of nitrogen functional groups attached to an aromatic ring is 1. The van der Waals surface area contributed by atoms with Crippen LogP contribution in [0, 0.1) is 0 Å². The molecule has 0 saturated carbocycles. The number of benzene rings is 1. The summed E-state index contributed by atoms with van der Waals surface area (Å²) in [6.07, 6.45) is 3.86. The number of imidazole rings is 1. The van der Waals surface area contributed by atoms with Crippen molar-refractivity contribution in [2.45, 2.75) is 4.90 Å². The molecule has 0 aliphatic carbocycles. The van der Waals surface area contributed by atoms with Gasteiger partial charge in [-0.2, -0.15) is 0 Å². The second-order valence-electron chi connectivity index (χ2n) is 3.29. The normalized spacial score (nSPS) is 10.5. The summed E-state index contributed by atoms with van der Waals surface area (Å²) < 4.78 is 1.88. The third-order valence-corrected chi connectivity index (χ3v) is 3.15. The molecule has 15 heavy (non-hydrogen) atoms. The Hall–Kier alpha value is -1.42. The first-order valence-electron chi connectivity index (χ1n) is 4.64. The van der Waals surface area contributed by atoms with Gasteiger partial charge in [0.15, 0.2) is 5.95 Å². The molecule has 0 aliphatic heterocycles. The number of hydrogen-bond donors (Lipinski definition) is 1. The first kappa shape index (κ1) is 10.1. The number of rotatable bonds is 2. The van der Waals surface area contributed by atoms with Crippen LogP contribution in [0.25, 0.3) is 11.3 Å². The van der Waals surface area contributed by atoms with E-state index in [0.29, 0.717) is 5.95 Å². The van der Waals surface area contributed by atoms with Gasteiger partial charge in [-0.1, -0.05) is 12.1 Å². The molecule has 4 heteroatoms. The molecule has 0 saturated heterocycles. The van der Waals surface area contributed by atoms with E-state index in [9.17, 15) is 0 Å². The van der Waals surface area contributed by atoms with Crippen LogP contribution in [0.5, 0.6) is 0 Å². The van der Waals surface area contributed by atoms with E-state index in [0.717, 1.165) is 11.3 Å². The van der Waals surface area contributed by atoms with Crippen molar-refractivity contribution in [3.05, 3.63) is 30.5 Å². The minimum Gasteiger partial charge on any atom is -0.369 e. The number of anilines is 1. The molecular weight excluding hydrogens is 206 g/mol. The zero-order chi connectivity index (χ0) is 10.8. The highest BCUT2D eigenvalue weighted by Crippen LogP contribution is 2.23. The van der Waals surface area contributed by atoms with Gasteiger partial charge >= 0.3 is 0 Å². The Morgan fingerprint density at radius 3 is 2.40 bits per heavy atom. The van der Waals surface area contributed by atoms with E-state index in [-0.39, 0.29) is 0 Å². The van der Waals surface area contributed by atoms with E-state index in [1.165, 1.54) is 4.90 Å². The molecule has 1 aromatic heterocycles. The van der Waals surface area contributed by atoms with Gasteiger partial charge in [0.2, 0.25) is 0 Å².